The minimum atomic E-state index is -2.82. The minimum Gasteiger partial charge on any atom is -0.438 e. The molecule has 166 valence electrons. The van der Waals surface area contributed by atoms with Gasteiger partial charge in [0.2, 0.25) is 0 Å². The molecule has 0 fully saturated rings. The molecule has 0 heterocycles. The van der Waals surface area contributed by atoms with Crippen molar-refractivity contribution in [1.29, 1.82) is 0 Å². The predicted octanol–water partition coefficient (Wildman–Crippen LogP) is 4.55. The Kier molecular flexibility index (Phi) is 7.38. The van der Waals surface area contributed by atoms with Crippen molar-refractivity contribution in [2.24, 2.45) is 5.16 Å². The highest BCUT2D eigenvalue weighted by molar-refractivity contribution is 7.07. The zero-order chi connectivity index (χ0) is 22.9. The molecule has 0 saturated carbocycles. The van der Waals surface area contributed by atoms with Gasteiger partial charge in [0.05, 0.1) is 6.21 Å². The zero-order valence-corrected chi connectivity index (χ0v) is 20.3. The molecule has 0 aromatic heterocycles. The Morgan fingerprint density at radius 3 is 1.45 bits per heavy atom. The topological polar surface area (TPSA) is 24.8 Å². The van der Waals surface area contributed by atoms with Crippen LogP contribution in [0.5, 0.6) is 0 Å². The molecule has 4 rings (SSSR count). The molecule has 0 unspecified atom stereocenters. The third kappa shape index (κ3) is 4.91. The van der Waals surface area contributed by atoms with Crippen LogP contribution in [0.4, 0.5) is 5.69 Å². The number of hydrogen-bond donors (Lipinski definition) is 0. The van der Waals surface area contributed by atoms with Crippen LogP contribution in [0, 0.1) is 0 Å². The van der Waals surface area contributed by atoms with Crippen LogP contribution in [0.25, 0.3) is 0 Å². The molecule has 0 radical (unpaired) electrons. The third-order valence-corrected chi connectivity index (χ3v) is 9.77. The zero-order valence-electron chi connectivity index (χ0n) is 19.3. The number of anilines is 1. The van der Waals surface area contributed by atoms with Crippen LogP contribution in [0.3, 0.4) is 0 Å². The van der Waals surface area contributed by atoms with Gasteiger partial charge < -0.3 is 9.43 Å². The Bertz CT molecular complexity index is 1050. The molecule has 0 aliphatic heterocycles. The van der Waals surface area contributed by atoms with Crippen molar-refractivity contribution >= 4 is 35.8 Å². The molecule has 4 heteroatoms. The van der Waals surface area contributed by atoms with E-state index in [2.05, 4.69) is 121 Å². The van der Waals surface area contributed by atoms with E-state index < -0.39 is 8.32 Å². The molecule has 0 atom stereocenters. The maximum Gasteiger partial charge on any atom is 0.380 e. The lowest BCUT2D eigenvalue weighted by Gasteiger charge is -2.30. The monoisotopic (exact) mass is 450 g/mol. The fourth-order valence-corrected chi connectivity index (χ4v) is 7.72. The molecule has 33 heavy (non-hydrogen) atoms. The van der Waals surface area contributed by atoms with Gasteiger partial charge in [-0.25, -0.2) is 0 Å². The fraction of sp³-hybridized carbons (Fsp3) is 0.138. The summed E-state index contributed by atoms with van der Waals surface area (Å²) in [4.78, 5) is 2.33. The average molecular weight is 451 g/mol. The van der Waals surface area contributed by atoms with E-state index in [9.17, 15) is 0 Å². The first-order valence-corrected chi connectivity index (χ1v) is 13.4. The van der Waals surface area contributed by atoms with Crippen molar-refractivity contribution < 1.29 is 4.53 Å². The van der Waals surface area contributed by atoms with Gasteiger partial charge in [-0.3, -0.25) is 0 Å². The van der Waals surface area contributed by atoms with Crippen LogP contribution in [-0.4, -0.2) is 27.6 Å². The third-order valence-electron chi connectivity index (χ3n) is 5.95. The second kappa shape index (κ2) is 10.8. The Morgan fingerprint density at radius 1 is 0.636 bits per heavy atom. The highest BCUT2D eigenvalue weighted by Crippen LogP contribution is 2.15. The van der Waals surface area contributed by atoms with Crippen molar-refractivity contribution in [3.8, 4) is 0 Å². The quantitative estimate of drug-likeness (QED) is 0.162. The number of oxime groups is 1. The van der Waals surface area contributed by atoms with Crippen molar-refractivity contribution in [3.05, 3.63) is 121 Å². The Labute approximate surface area is 198 Å². The predicted molar refractivity (Wildman–Crippen MR) is 143 cm³/mol. The lowest BCUT2D eigenvalue weighted by Crippen LogP contribution is -2.68. The van der Waals surface area contributed by atoms with Gasteiger partial charge in [-0.05, 0) is 47.1 Å². The summed E-state index contributed by atoms with van der Waals surface area (Å²) in [7, 11) is -2.82. The first-order chi connectivity index (χ1) is 16.3. The second-order valence-corrected chi connectivity index (χ2v) is 11.1. The van der Waals surface area contributed by atoms with E-state index in [4.69, 9.17) is 4.53 Å². The number of rotatable bonds is 9. The molecule has 0 saturated heterocycles. The van der Waals surface area contributed by atoms with Crippen LogP contribution < -0.4 is 20.5 Å². The standard InChI is InChI=1S/C29H30N2OSi/c1-3-31(4-2)26-22-20-25(21-23-26)24-30-32-33(27-14-8-5-9-15-27,28-16-10-6-11-17-28)29-18-12-7-13-19-29/h5-24H,3-4H2,1-2H3. The van der Waals surface area contributed by atoms with E-state index in [1.165, 1.54) is 5.69 Å². The Hall–Kier alpha value is -3.63. The fourth-order valence-electron chi connectivity index (χ4n) is 4.20. The van der Waals surface area contributed by atoms with Gasteiger partial charge in [-0.2, -0.15) is 0 Å². The van der Waals surface area contributed by atoms with E-state index in [1.807, 2.05) is 24.4 Å². The molecule has 0 bridgehead atoms. The first kappa shape index (κ1) is 22.6. The normalized spacial score (nSPS) is 11.5. The van der Waals surface area contributed by atoms with Crippen LogP contribution in [-0.2, 0) is 4.53 Å². The molecular weight excluding hydrogens is 420 g/mol. The van der Waals surface area contributed by atoms with Crippen LogP contribution in [0.1, 0.15) is 19.4 Å². The van der Waals surface area contributed by atoms with Crippen LogP contribution in [0.2, 0.25) is 0 Å². The summed E-state index contributed by atoms with van der Waals surface area (Å²) < 4.78 is 6.61. The maximum absolute atomic E-state index is 6.61. The van der Waals surface area contributed by atoms with E-state index in [1.54, 1.807) is 0 Å². The highest BCUT2D eigenvalue weighted by Gasteiger charge is 2.44. The summed E-state index contributed by atoms with van der Waals surface area (Å²) in [6.07, 6.45) is 1.82. The van der Waals surface area contributed by atoms with Crippen LogP contribution >= 0.6 is 0 Å². The molecule has 3 nitrogen and oxygen atoms in total. The van der Waals surface area contributed by atoms with Gasteiger partial charge in [0.15, 0.2) is 0 Å². The number of hydrogen-bond acceptors (Lipinski definition) is 3. The highest BCUT2D eigenvalue weighted by atomic mass is 28.4. The average Bonchev–Trinajstić information content (AvgIpc) is 2.90. The molecule has 0 aliphatic carbocycles. The van der Waals surface area contributed by atoms with E-state index in [-0.39, 0.29) is 0 Å². The first-order valence-electron chi connectivity index (χ1n) is 11.5. The molecule has 0 spiro atoms. The minimum absolute atomic E-state index is 0.992. The summed E-state index contributed by atoms with van der Waals surface area (Å²) in [6, 6.07) is 39.9. The largest absolute Gasteiger partial charge is 0.438 e. The summed E-state index contributed by atoms with van der Waals surface area (Å²) in [5.41, 5.74) is 2.24. The molecule has 4 aromatic rings. The molecule has 0 aliphatic rings. The Balaban J connectivity index is 1.73. The Morgan fingerprint density at radius 2 is 1.06 bits per heavy atom. The van der Waals surface area contributed by atoms with Gasteiger partial charge in [0, 0.05) is 18.8 Å². The molecule has 0 N–H and O–H groups in total. The molecular formula is C29H30N2OSi. The molecule has 0 amide bonds. The summed E-state index contributed by atoms with van der Waals surface area (Å²) in [5, 5.41) is 8.07. The van der Waals surface area contributed by atoms with Gasteiger partial charge in [0.1, 0.15) is 0 Å². The smallest absolute Gasteiger partial charge is 0.380 e. The number of benzene rings is 4. The maximum atomic E-state index is 6.61. The molecule has 4 aromatic carbocycles. The lowest BCUT2D eigenvalue weighted by molar-refractivity contribution is 0.351. The van der Waals surface area contributed by atoms with Crippen molar-refractivity contribution in [2.75, 3.05) is 18.0 Å². The van der Waals surface area contributed by atoms with Gasteiger partial charge >= 0.3 is 8.32 Å². The van der Waals surface area contributed by atoms with Crippen molar-refractivity contribution in [3.63, 3.8) is 0 Å². The van der Waals surface area contributed by atoms with E-state index >= 15 is 0 Å². The van der Waals surface area contributed by atoms with Gasteiger partial charge in [-0.15, -0.1) is 5.16 Å². The lowest BCUT2D eigenvalue weighted by atomic mass is 10.2. The van der Waals surface area contributed by atoms with Gasteiger partial charge in [0.25, 0.3) is 0 Å². The number of nitrogens with zero attached hydrogens (tertiary/aromatic N) is 2. The SMILES string of the molecule is CCN(CC)c1ccc(C=NO[Si](c2ccccc2)(c2ccccc2)c2ccccc2)cc1. The van der Waals surface area contributed by atoms with Gasteiger partial charge in [-0.1, -0.05) is 103 Å². The van der Waals surface area contributed by atoms with E-state index in [0.717, 1.165) is 34.2 Å². The summed E-state index contributed by atoms with van der Waals surface area (Å²) >= 11 is 0. The van der Waals surface area contributed by atoms with Crippen molar-refractivity contribution in [1.82, 2.24) is 0 Å². The summed E-state index contributed by atoms with van der Waals surface area (Å²) in [6.45, 7) is 6.33. The van der Waals surface area contributed by atoms with E-state index in [0.29, 0.717) is 0 Å². The second-order valence-electron chi connectivity index (χ2n) is 7.87. The van der Waals surface area contributed by atoms with Crippen LogP contribution in [0.15, 0.2) is 120 Å². The summed E-state index contributed by atoms with van der Waals surface area (Å²) in [5.74, 6) is 0. The van der Waals surface area contributed by atoms with Crippen molar-refractivity contribution in [2.45, 2.75) is 13.8 Å².